The second-order valence-electron chi connectivity index (χ2n) is 7.48. The molecule has 1 aromatic carbocycles. The molecule has 0 unspecified atom stereocenters. The number of aryl methyl sites for hydroxylation is 1. The standard InChI is InChI=1S/C21H23F3N2O5S/c1-5-14-10-15(17(28)12-6-8-13(9-7-12)31-21(22,23)24)18(32-14)25-16(27)11-26(4)20(2,3)19(29)30/h6-10H,5,11H2,1-4H3,(H,25,27)(H,29,30). The van der Waals surface area contributed by atoms with Gasteiger partial charge in [-0.05, 0) is 57.6 Å². The third kappa shape index (κ3) is 6.30. The van der Waals surface area contributed by atoms with Crippen LogP contribution in [0.3, 0.4) is 0 Å². The van der Waals surface area contributed by atoms with E-state index in [1.807, 2.05) is 6.92 Å². The molecule has 0 aliphatic heterocycles. The fourth-order valence-corrected chi connectivity index (χ4v) is 3.59. The third-order valence-corrected chi connectivity index (χ3v) is 6.03. The molecule has 174 valence electrons. The smallest absolute Gasteiger partial charge is 0.480 e. The number of ether oxygens (including phenoxy) is 1. The van der Waals surface area contributed by atoms with Crippen molar-refractivity contribution < 1.29 is 37.4 Å². The normalized spacial score (nSPS) is 12.0. The van der Waals surface area contributed by atoms with E-state index in [-0.39, 0.29) is 22.7 Å². The molecule has 7 nitrogen and oxygen atoms in total. The minimum Gasteiger partial charge on any atom is -0.480 e. The van der Waals surface area contributed by atoms with Gasteiger partial charge in [0.2, 0.25) is 5.91 Å². The highest BCUT2D eigenvalue weighted by Gasteiger charge is 2.33. The molecule has 0 spiro atoms. The summed E-state index contributed by atoms with van der Waals surface area (Å²) in [4.78, 5) is 39.0. The molecule has 0 saturated heterocycles. The van der Waals surface area contributed by atoms with Crippen molar-refractivity contribution in [2.24, 2.45) is 0 Å². The van der Waals surface area contributed by atoms with Gasteiger partial charge in [-0.2, -0.15) is 0 Å². The molecule has 2 aromatic rings. The van der Waals surface area contributed by atoms with Gasteiger partial charge in [0, 0.05) is 10.4 Å². The van der Waals surface area contributed by atoms with Crippen LogP contribution in [0, 0.1) is 0 Å². The Kier molecular flexibility index (Phi) is 7.68. The lowest BCUT2D eigenvalue weighted by atomic mass is 10.0. The fourth-order valence-electron chi connectivity index (χ4n) is 2.58. The van der Waals surface area contributed by atoms with Crippen molar-refractivity contribution in [2.45, 2.75) is 39.1 Å². The maximum atomic E-state index is 12.9. The average Bonchev–Trinajstić information content (AvgIpc) is 3.09. The van der Waals surface area contributed by atoms with E-state index in [9.17, 15) is 32.7 Å². The summed E-state index contributed by atoms with van der Waals surface area (Å²) in [5.74, 6) is -2.53. The van der Waals surface area contributed by atoms with Crippen molar-refractivity contribution in [3.05, 3.63) is 46.3 Å². The molecule has 0 aliphatic carbocycles. The van der Waals surface area contributed by atoms with Gasteiger partial charge in [-0.1, -0.05) is 6.92 Å². The summed E-state index contributed by atoms with van der Waals surface area (Å²) in [5, 5.41) is 12.2. The highest BCUT2D eigenvalue weighted by atomic mass is 32.1. The topological polar surface area (TPSA) is 95.9 Å². The van der Waals surface area contributed by atoms with Crippen LogP contribution in [0.25, 0.3) is 0 Å². The van der Waals surface area contributed by atoms with Crippen molar-refractivity contribution in [1.82, 2.24) is 4.90 Å². The summed E-state index contributed by atoms with van der Waals surface area (Å²) in [5.41, 5.74) is -0.954. The van der Waals surface area contributed by atoms with Crippen LogP contribution in [0.15, 0.2) is 30.3 Å². The number of thiophene rings is 1. The maximum Gasteiger partial charge on any atom is 0.573 e. The molecule has 1 heterocycles. The first kappa shape index (κ1) is 25.3. The lowest BCUT2D eigenvalue weighted by molar-refractivity contribution is -0.274. The van der Waals surface area contributed by atoms with Gasteiger partial charge in [-0.25, -0.2) is 0 Å². The minimum atomic E-state index is -4.84. The van der Waals surface area contributed by atoms with Gasteiger partial charge in [0.15, 0.2) is 5.78 Å². The Morgan fingerprint density at radius 1 is 1.16 bits per heavy atom. The van der Waals surface area contributed by atoms with E-state index < -0.39 is 35.3 Å². The van der Waals surface area contributed by atoms with E-state index in [1.165, 1.54) is 49.3 Å². The van der Waals surface area contributed by atoms with E-state index >= 15 is 0 Å². The number of aliphatic carboxylic acids is 1. The number of ketones is 1. The molecule has 0 radical (unpaired) electrons. The number of alkyl halides is 3. The van der Waals surface area contributed by atoms with Crippen LogP contribution in [0.2, 0.25) is 0 Å². The lowest BCUT2D eigenvalue weighted by Crippen LogP contribution is -2.50. The molecule has 2 N–H and O–H groups in total. The van der Waals surface area contributed by atoms with E-state index in [1.54, 1.807) is 6.07 Å². The van der Waals surface area contributed by atoms with Crippen LogP contribution in [-0.2, 0) is 16.0 Å². The summed E-state index contributed by atoms with van der Waals surface area (Å²) < 4.78 is 40.8. The monoisotopic (exact) mass is 472 g/mol. The van der Waals surface area contributed by atoms with Gasteiger partial charge < -0.3 is 15.2 Å². The number of amides is 1. The van der Waals surface area contributed by atoms with Gasteiger partial charge in [0.05, 0.1) is 12.1 Å². The van der Waals surface area contributed by atoms with Crippen LogP contribution < -0.4 is 10.1 Å². The SMILES string of the molecule is CCc1cc(C(=O)c2ccc(OC(F)(F)F)cc2)c(NC(=O)CN(C)C(C)(C)C(=O)O)s1. The van der Waals surface area contributed by atoms with Crippen molar-refractivity contribution >= 4 is 34.0 Å². The number of benzene rings is 1. The Labute approximate surface area is 186 Å². The van der Waals surface area contributed by atoms with E-state index in [0.717, 1.165) is 17.0 Å². The number of carbonyl (C=O) groups excluding carboxylic acids is 2. The van der Waals surface area contributed by atoms with E-state index in [2.05, 4.69) is 10.1 Å². The van der Waals surface area contributed by atoms with Crippen LogP contribution in [0.4, 0.5) is 18.2 Å². The van der Waals surface area contributed by atoms with Crippen LogP contribution in [0.5, 0.6) is 5.75 Å². The molecule has 1 aromatic heterocycles. The number of carboxylic acids is 1. The number of nitrogens with zero attached hydrogens (tertiary/aromatic N) is 1. The van der Waals surface area contributed by atoms with Crippen LogP contribution in [0.1, 0.15) is 41.6 Å². The van der Waals surface area contributed by atoms with Gasteiger partial charge in [0.25, 0.3) is 0 Å². The molecule has 1 amide bonds. The Bertz CT molecular complexity index is 1000. The van der Waals surface area contributed by atoms with Gasteiger partial charge in [-0.3, -0.25) is 19.3 Å². The molecule has 11 heteroatoms. The Morgan fingerprint density at radius 3 is 2.25 bits per heavy atom. The highest BCUT2D eigenvalue weighted by Crippen LogP contribution is 2.31. The molecule has 0 atom stereocenters. The molecule has 0 fully saturated rings. The maximum absolute atomic E-state index is 12.9. The van der Waals surface area contributed by atoms with Crippen molar-refractivity contribution in [1.29, 1.82) is 0 Å². The first-order valence-corrected chi connectivity index (χ1v) is 10.3. The molecule has 0 aliphatic rings. The van der Waals surface area contributed by atoms with Crippen molar-refractivity contribution in [3.63, 3.8) is 0 Å². The van der Waals surface area contributed by atoms with Crippen LogP contribution in [-0.4, -0.2) is 53.2 Å². The number of likely N-dealkylation sites (N-methyl/N-ethyl adjacent to an activating group) is 1. The van der Waals surface area contributed by atoms with Crippen molar-refractivity contribution in [3.8, 4) is 5.75 Å². The summed E-state index contributed by atoms with van der Waals surface area (Å²) >= 11 is 1.20. The summed E-state index contributed by atoms with van der Waals surface area (Å²) in [7, 11) is 1.50. The number of anilines is 1. The minimum absolute atomic E-state index is 0.125. The zero-order valence-corrected chi connectivity index (χ0v) is 18.7. The molecular weight excluding hydrogens is 449 g/mol. The first-order valence-electron chi connectivity index (χ1n) is 9.52. The number of carbonyl (C=O) groups is 3. The molecule has 32 heavy (non-hydrogen) atoms. The first-order chi connectivity index (χ1) is 14.7. The van der Waals surface area contributed by atoms with Crippen LogP contribution >= 0.6 is 11.3 Å². The fraction of sp³-hybridized carbons (Fsp3) is 0.381. The Hall–Kier alpha value is -2.92. The number of hydrogen-bond donors (Lipinski definition) is 2. The summed E-state index contributed by atoms with van der Waals surface area (Å²) in [6, 6.07) is 6.11. The second-order valence-corrected chi connectivity index (χ2v) is 8.62. The Morgan fingerprint density at radius 2 is 1.75 bits per heavy atom. The molecule has 2 rings (SSSR count). The largest absolute Gasteiger partial charge is 0.573 e. The van der Waals surface area contributed by atoms with E-state index in [0.29, 0.717) is 6.42 Å². The second kappa shape index (κ2) is 9.70. The summed E-state index contributed by atoms with van der Waals surface area (Å²) in [6.07, 6.45) is -4.24. The molecule has 0 bridgehead atoms. The van der Waals surface area contributed by atoms with E-state index in [4.69, 9.17) is 0 Å². The zero-order chi connectivity index (χ0) is 24.3. The van der Waals surface area contributed by atoms with Crippen molar-refractivity contribution in [2.75, 3.05) is 18.9 Å². The quantitative estimate of drug-likeness (QED) is 0.532. The average molecular weight is 472 g/mol. The molecule has 0 saturated carbocycles. The predicted octanol–water partition coefficient (Wildman–Crippen LogP) is 4.17. The van der Waals surface area contributed by atoms with Gasteiger partial charge >= 0.3 is 12.3 Å². The molecular formula is C21H23F3N2O5S. The number of nitrogens with one attached hydrogen (secondary N) is 1. The number of carboxylic acid groups (broad SMARTS) is 1. The third-order valence-electron chi connectivity index (χ3n) is 4.84. The number of hydrogen-bond acceptors (Lipinski definition) is 6. The summed E-state index contributed by atoms with van der Waals surface area (Å²) in [6.45, 7) is 4.57. The predicted molar refractivity (Wildman–Crippen MR) is 113 cm³/mol. The zero-order valence-electron chi connectivity index (χ0n) is 17.9. The van der Waals surface area contributed by atoms with Gasteiger partial charge in [0.1, 0.15) is 16.3 Å². The Balaban J connectivity index is 2.22. The number of halogens is 3. The van der Waals surface area contributed by atoms with Gasteiger partial charge in [-0.15, -0.1) is 24.5 Å². The highest BCUT2D eigenvalue weighted by molar-refractivity contribution is 7.16. The lowest BCUT2D eigenvalue weighted by Gasteiger charge is -2.30. The number of rotatable bonds is 9.